The quantitative estimate of drug-likeness (QED) is 0.265. The number of phenols is 1. The Morgan fingerprint density at radius 3 is 2.22 bits per heavy atom. The molecule has 0 aliphatic carbocycles. The molecule has 0 unspecified atom stereocenters. The van der Waals surface area contributed by atoms with E-state index < -0.39 is 29.8 Å². The second kappa shape index (κ2) is 14.5. The number of aliphatic hydroxyl groups is 1. The zero-order valence-corrected chi connectivity index (χ0v) is 20.6. The second-order valence-electron chi connectivity index (χ2n) is 8.40. The molecule has 0 radical (unpaired) electrons. The highest BCUT2D eigenvalue weighted by atomic mass is 16.3. The number of hydrogen-bond donors (Lipinski definition) is 5. The maximum absolute atomic E-state index is 12.8. The number of benzene rings is 2. The van der Waals surface area contributed by atoms with E-state index >= 15 is 0 Å². The number of rotatable bonds is 13. The average molecular weight is 499 g/mol. The van der Waals surface area contributed by atoms with Gasteiger partial charge in [-0.3, -0.25) is 19.2 Å². The molecule has 0 aliphatic heterocycles. The van der Waals surface area contributed by atoms with Crippen molar-refractivity contribution in [3.63, 3.8) is 0 Å². The lowest BCUT2D eigenvalue weighted by molar-refractivity contribution is -0.139. The fraction of sp³-hybridized carbons (Fsp3) is 0.385. The molecule has 194 valence electrons. The molecule has 0 spiro atoms. The lowest BCUT2D eigenvalue weighted by atomic mass is 10.0. The molecule has 10 heteroatoms. The smallest absolute Gasteiger partial charge is 0.243 e. The first-order valence-electron chi connectivity index (χ1n) is 11.7. The van der Waals surface area contributed by atoms with Crippen molar-refractivity contribution in [3.05, 3.63) is 65.7 Å². The standard InChI is InChI=1S/C26H34N4O6/c1-18(29-23(33)13-10-19-8-11-21(32)12-9-19)25(35)28-17-24(34)30(2)22(26(36)27-14-15-31)16-20-6-4-3-5-7-20/h3-9,11-12,18,22,31-32H,10,13-17H2,1-2H3,(H,27,36)(H,28,35)(H,29,33)/t18-,22+/m1/s1. The van der Waals surface area contributed by atoms with Gasteiger partial charge in [0.2, 0.25) is 23.6 Å². The van der Waals surface area contributed by atoms with Gasteiger partial charge in [-0.15, -0.1) is 0 Å². The van der Waals surface area contributed by atoms with E-state index in [0.717, 1.165) is 11.1 Å². The predicted molar refractivity (Wildman–Crippen MR) is 134 cm³/mol. The van der Waals surface area contributed by atoms with Gasteiger partial charge in [0.15, 0.2) is 0 Å². The summed E-state index contributed by atoms with van der Waals surface area (Å²) in [7, 11) is 1.48. The van der Waals surface area contributed by atoms with Crippen LogP contribution in [0.3, 0.4) is 0 Å². The van der Waals surface area contributed by atoms with E-state index in [1.807, 2.05) is 30.3 Å². The molecule has 0 saturated carbocycles. The molecule has 2 rings (SSSR count). The Morgan fingerprint density at radius 1 is 0.917 bits per heavy atom. The topological polar surface area (TPSA) is 148 Å². The van der Waals surface area contributed by atoms with Crippen molar-refractivity contribution >= 4 is 23.6 Å². The van der Waals surface area contributed by atoms with E-state index in [-0.39, 0.29) is 44.2 Å². The number of hydrogen-bond acceptors (Lipinski definition) is 6. The molecule has 2 atom stereocenters. The number of likely N-dealkylation sites (N-methyl/N-ethyl adjacent to an activating group) is 1. The van der Waals surface area contributed by atoms with Crippen LogP contribution in [0.5, 0.6) is 5.75 Å². The third-order valence-electron chi connectivity index (χ3n) is 5.61. The molecule has 0 aliphatic rings. The second-order valence-corrected chi connectivity index (χ2v) is 8.40. The van der Waals surface area contributed by atoms with Crippen molar-refractivity contribution in [2.75, 3.05) is 26.7 Å². The molecule has 5 N–H and O–H groups in total. The monoisotopic (exact) mass is 498 g/mol. The minimum Gasteiger partial charge on any atom is -0.508 e. The lowest BCUT2D eigenvalue weighted by Crippen LogP contribution is -2.53. The van der Waals surface area contributed by atoms with E-state index in [4.69, 9.17) is 5.11 Å². The van der Waals surface area contributed by atoms with E-state index in [1.165, 1.54) is 31.0 Å². The van der Waals surface area contributed by atoms with E-state index in [0.29, 0.717) is 6.42 Å². The number of phenolic OH excluding ortho intramolecular Hbond substituents is 1. The molecule has 0 saturated heterocycles. The number of aryl methyl sites for hydroxylation is 1. The van der Waals surface area contributed by atoms with Crippen LogP contribution >= 0.6 is 0 Å². The van der Waals surface area contributed by atoms with Crippen molar-refractivity contribution < 1.29 is 29.4 Å². The maximum Gasteiger partial charge on any atom is 0.243 e. The van der Waals surface area contributed by atoms with Crippen LogP contribution < -0.4 is 16.0 Å². The van der Waals surface area contributed by atoms with Gasteiger partial charge in [-0.05, 0) is 36.6 Å². The normalized spacial score (nSPS) is 12.2. The molecule has 2 aromatic carbocycles. The molecule has 0 fully saturated rings. The highest BCUT2D eigenvalue weighted by Crippen LogP contribution is 2.11. The predicted octanol–water partition coefficient (Wildman–Crippen LogP) is 0.124. The van der Waals surface area contributed by atoms with Gasteiger partial charge < -0.3 is 31.1 Å². The summed E-state index contributed by atoms with van der Waals surface area (Å²) in [6.45, 7) is 1.01. The van der Waals surface area contributed by atoms with Gasteiger partial charge in [-0.1, -0.05) is 42.5 Å². The summed E-state index contributed by atoms with van der Waals surface area (Å²) >= 11 is 0. The number of nitrogens with one attached hydrogen (secondary N) is 3. The van der Waals surface area contributed by atoms with Crippen LogP contribution in [-0.2, 0) is 32.0 Å². The lowest BCUT2D eigenvalue weighted by Gasteiger charge is -2.28. The van der Waals surface area contributed by atoms with Crippen LogP contribution in [0.4, 0.5) is 0 Å². The van der Waals surface area contributed by atoms with Gasteiger partial charge in [-0.25, -0.2) is 0 Å². The Bertz CT molecular complexity index is 1010. The van der Waals surface area contributed by atoms with Crippen LogP contribution in [-0.4, -0.2) is 77.6 Å². The van der Waals surface area contributed by atoms with Crippen molar-refractivity contribution in [2.24, 2.45) is 0 Å². The molecule has 0 aromatic heterocycles. The molecule has 0 heterocycles. The van der Waals surface area contributed by atoms with E-state index in [2.05, 4.69) is 16.0 Å². The fourth-order valence-corrected chi connectivity index (χ4v) is 3.45. The highest BCUT2D eigenvalue weighted by molar-refractivity contribution is 5.92. The van der Waals surface area contributed by atoms with Crippen molar-refractivity contribution in [1.29, 1.82) is 0 Å². The van der Waals surface area contributed by atoms with Crippen LogP contribution in [0.1, 0.15) is 24.5 Å². The molecule has 10 nitrogen and oxygen atoms in total. The summed E-state index contributed by atoms with van der Waals surface area (Å²) in [4.78, 5) is 51.3. The summed E-state index contributed by atoms with van der Waals surface area (Å²) in [5, 5.41) is 26.0. The Morgan fingerprint density at radius 2 is 1.58 bits per heavy atom. The van der Waals surface area contributed by atoms with Gasteiger partial charge >= 0.3 is 0 Å². The first-order valence-corrected chi connectivity index (χ1v) is 11.7. The highest BCUT2D eigenvalue weighted by Gasteiger charge is 2.27. The summed E-state index contributed by atoms with van der Waals surface area (Å²) in [5.41, 5.74) is 1.73. The molecule has 2 aromatic rings. The van der Waals surface area contributed by atoms with Crippen molar-refractivity contribution in [1.82, 2.24) is 20.9 Å². The summed E-state index contributed by atoms with van der Waals surface area (Å²) in [6, 6.07) is 14.0. The number of carbonyl (C=O) groups excluding carboxylic acids is 4. The summed E-state index contributed by atoms with van der Waals surface area (Å²) in [6.07, 6.45) is 0.876. The molecule has 4 amide bonds. The minimum atomic E-state index is -0.858. The number of nitrogens with zero attached hydrogens (tertiary/aromatic N) is 1. The van der Waals surface area contributed by atoms with Crippen molar-refractivity contribution in [2.45, 2.75) is 38.3 Å². The maximum atomic E-state index is 12.8. The van der Waals surface area contributed by atoms with Crippen molar-refractivity contribution in [3.8, 4) is 5.75 Å². The molecular formula is C26H34N4O6. The Balaban J connectivity index is 1.86. The minimum absolute atomic E-state index is 0.0623. The Hall–Kier alpha value is -3.92. The van der Waals surface area contributed by atoms with Crippen LogP contribution in [0.2, 0.25) is 0 Å². The van der Waals surface area contributed by atoms with Gasteiger partial charge in [0, 0.05) is 26.4 Å². The Kier molecular flexibility index (Phi) is 11.4. The average Bonchev–Trinajstić information content (AvgIpc) is 2.88. The van der Waals surface area contributed by atoms with Gasteiger partial charge in [0.05, 0.1) is 13.2 Å². The Labute approximate surface area is 210 Å². The SMILES string of the molecule is C[C@@H](NC(=O)CCc1ccc(O)cc1)C(=O)NCC(=O)N(C)[C@@H](Cc1ccccc1)C(=O)NCCO. The van der Waals surface area contributed by atoms with Crippen LogP contribution in [0, 0.1) is 0 Å². The van der Waals surface area contributed by atoms with Gasteiger partial charge in [0.1, 0.15) is 17.8 Å². The van der Waals surface area contributed by atoms with Crippen LogP contribution in [0.25, 0.3) is 0 Å². The number of amides is 4. The number of carbonyl (C=O) groups is 4. The summed E-state index contributed by atoms with van der Waals surface area (Å²) in [5.74, 6) is -1.60. The van der Waals surface area contributed by atoms with Crippen LogP contribution in [0.15, 0.2) is 54.6 Å². The van der Waals surface area contributed by atoms with E-state index in [1.54, 1.807) is 12.1 Å². The largest absolute Gasteiger partial charge is 0.508 e. The molecule has 36 heavy (non-hydrogen) atoms. The zero-order valence-electron chi connectivity index (χ0n) is 20.6. The number of aromatic hydroxyl groups is 1. The zero-order chi connectivity index (χ0) is 26.5. The number of aliphatic hydroxyl groups excluding tert-OH is 1. The first kappa shape index (κ1) is 28.3. The fourth-order valence-electron chi connectivity index (χ4n) is 3.45. The van der Waals surface area contributed by atoms with E-state index in [9.17, 15) is 24.3 Å². The third kappa shape index (κ3) is 9.38. The summed E-state index contributed by atoms with van der Waals surface area (Å²) < 4.78 is 0. The van der Waals surface area contributed by atoms with Gasteiger partial charge in [-0.2, -0.15) is 0 Å². The third-order valence-corrected chi connectivity index (χ3v) is 5.61. The molecular weight excluding hydrogens is 464 g/mol. The molecule has 0 bridgehead atoms. The van der Waals surface area contributed by atoms with Gasteiger partial charge in [0.25, 0.3) is 0 Å². The first-order chi connectivity index (χ1) is 17.2.